The maximum Gasteiger partial charge on any atom is 0.339 e. The van der Waals surface area contributed by atoms with E-state index in [2.05, 4.69) is 0 Å². The third-order valence-corrected chi connectivity index (χ3v) is 8.59. The van der Waals surface area contributed by atoms with E-state index in [9.17, 15) is 65.4 Å². The van der Waals surface area contributed by atoms with Crippen LogP contribution >= 0.6 is 0 Å². The van der Waals surface area contributed by atoms with Crippen LogP contribution < -0.4 is 14.9 Å². The summed E-state index contributed by atoms with van der Waals surface area (Å²) < 4.78 is 33.2. The lowest BCUT2D eigenvalue weighted by Crippen LogP contribution is -2.61. The van der Waals surface area contributed by atoms with E-state index in [0.717, 1.165) is 30.3 Å². The van der Waals surface area contributed by atoms with Gasteiger partial charge in [0.2, 0.25) is 17.5 Å². The number of rotatable bonds is 10. The Hall–Kier alpha value is -7.35. The summed E-state index contributed by atoms with van der Waals surface area (Å²) in [7, 11) is 1.33. The van der Waals surface area contributed by atoms with Gasteiger partial charge in [0.25, 0.3) is 0 Å². The number of methoxy groups -OCH3 is 1. The number of ether oxygens (including phenoxy) is 5. The van der Waals surface area contributed by atoms with Gasteiger partial charge in [0, 0.05) is 23.8 Å². The van der Waals surface area contributed by atoms with Crippen molar-refractivity contribution in [3.8, 4) is 68.8 Å². The molecule has 19 nitrogen and oxygen atoms in total. The molecule has 1 aliphatic rings. The summed E-state index contributed by atoms with van der Waals surface area (Å²) in [6, 6.07) is 10.6. The van der Waals surface area contributed by atoms with Crippen LogP contribution in [0.4, 0.5) is 0 Å². The highest BCUT2D eigenvalue weighted by atomic mass is 16.7. The van der Waals surface area contributed by atoms with Crippen molar-refractivity contribution in [2.24, 2.45) is 0 Å². The highest BCUT2D eigenvalue weighted by Gasteiger charge is 2.49. The first kappa shape index (κ1) is 39.3. The van der Waals surface area contributed by atoms with Crippen molar-refractivity contribution < 1.29 is 88.8 Å². The fourth-order valence-corrected chi connectivity index (χ4v) is 5.70. The standard InChI is InChI=1S/C38H32O19/c1-52-25-8-15(2-5-20(25)41)3-7-28(46)53-14-27-31(48)33(50)36(56-37(51)17-10-23(44)30(47)24(45)11-17)38(55-27)57-35-32(49)29-22(43)12-18(39)13-26(29)54-34(35)16-4-6-19(40)21(42)9-16/h2-13,27,31,33,36,38-45,47-48,50H,14H2,1H3/b7-3+/t27-,31+,33+,36-,38+/m1/s1. The molecule has 1 aliphatic heterocycles. The third-order valence-electron chi connectivity index (χ3n) is 8.59. The normalized spacial score (nSPS) is 19.3. The SMILES string of the molecule is COc1cc(/C=C/C(=O)OC[C@H]2O[C@@H](Oc3c(-c4ccc(O)c(O)c4)oc4cc(O)cc(O)c4c3=O)[C@H](OC(=O)c3cc(O)c(O)c(O)c3)[C@@H](O)[C@H]2O)ccc1O. The molecular weight excluding hydrogens is 760 g/mol. The van der Waals surface area contributed by atoms with Gasteiger partial charge in [-0.1, -0.05) is 6.07 Å². The summed E-state index contributed by atoms with van der Waals surface area (Å²) >= 11 is 0. The van der Waals surface area contributed by atoms with Crippen LogP contribution in [0.25, 0.3) is 28.4 Å². The largest absolute Gasteiger partial charge is 0.508 e. The van der Waals surface area contributed by atoms with Crippen molar-refractivity contribution in [1.82, 2.24) is 0 Å². The van der Waals surface area contributed by atoms with Crippen LogP contribution in [0.2, 0.25) is 0 Å². The Bertz CT molecular complexity index is 2430. The van der Waals surface area contributed by atoms with Crippen LogP contribution in [0, 0.1) is 0 Å². The minimum atomic E-state index is -2.16. The van der Waals surface area contributed by atoms with Crippen molar-refractivity contribution in [2.75, 3.05) is 13.7 Å². The quantitative estimate of drug-likeness (QED) is 0.0551. The molecule has 19 heteroatoms. The van der Waals surface area contributed by atoms with Gasteiger partial charge in [-0.2, -0.15) is 0 Å². The molecule has 0 unspecified atom stereocenters. The van der Waals surface area contributed by atoms with Gasteiger partial charge in [0.15, 0.2) is 52.1 Å². The minimum absolute atomic E-state index is 0.123. The fraction of sp³-hybridized carbons (Fsp3) is 0.184. The van der Waals surface area contributed by atoms with Gasteiger partial charge in [0.1, 0.15) is 47.4 Å². The van der Waals surface area contributed by atoms with Gasteiger partial charge in [-0.05, 0) is 54.1 Å². The Morgan fingerprint density at radius 2 is 1.49 bits per heavy atom. The number of fused-ring (bicyclic) bond motifs is 1. The lowest BCUT2D eigenvalue weighted by atomic mass is 9.98. The lowest BCUT2D eigenvalue weighted by Gasteiger charge is -2.41. The molecule has 298 valence electrons. The summed E-state index contributed by atoms with van der Waals surface area (Å²) in [6.07, 6.45) is -7.75. The van der Waals surface area contributed by atoms with E-state index >= 15 is 0 Å². The van der Waals surface area contributed by atoms with E-state index in [4.69, 9.17) is 28.1 Å². The molecule has 0 spiro atoms. The van der Waals surface area contributed by atoms with Crippen LogP contribution in [-0.4, -0.2) is 107 Å². The molecule has 1 aromatic heterocycles. The van der Waals surface area contributed by atoms with Crippen molar-refractivity contribution >= 4 is 29.0 Å². The number of aromatic hydroxyl groups is 8. The number of phenols is 8. The average molecular weight is 793 g/mol. The first-order valence-corrected chi connectivity index (χ1v) is 16.5. The monoisotopic (exact) mass is 792 g/mol. The zero-order chi connectivity index (χ0) is 41.3. The van der Waals surface area contributed by atoms with E-state index in [1.807, 2.05) is 0 Å². The Kier molecular flexibility index (Phi) is 10.9. The molecule has 57 heavy (non-hydrogen) atoms. The maximum absolute atomic E-state index is 14.0. The first-order valence-electron chi connectivity index (χ1n) is 16.5. The van der Waals surface area contributed by atoms with E-state index in [-0.39, 0.29) is 22.6 Å². The number of hydrogen-bond donors (Lipinski definition) is 10. The zero-order valence-corrected chi connectivity index (χ0v) is 29.2. The van der Waals surface area contributed by atoms with Gasteiger partial charge in [-0.15, -0.1) is 0 Å². The number of esters is 2. The summed E-state index contributed by atoms with van der Waals surface area (Å²) in [4.78, 5) is 40.0. The van der Waals surface area contributed by atoms with Gasteiger partial charge in [-0.3, -0.25) is 4.79 Å². The van der Waals surface area contributed by atoms with Crippen molar-refractivity contribution in [3.63, 3.8) is 0 Å². The van der Waals surface area contributed by atoms with Crippen molar-refractivity contribution in [1.29, 1.82) is 0 Å². The number of phenolic OH excluding ortho intramolecular Hbond substituents is 8. The second-order valence-corrected chi connectivity index (χ2v) is 12.4. The summed E-state index contributed by atoms with van der Waals surface area (Å²) in [6.45, 7) is -0.786. The van der Waals surface area contributed by atoms with Gasteiger partial charge in [-0.25, -0.2) is 9.59 Å². The molecule has 0 aliphatic carbocycles. The molecule has 1 fully saturated rings. The summed E-state index contributed by atoms with van der Waals surface area (Å²) in [5, 5.41) is 102. The lowest BCUT2D eigenvalue weighted by molar-refractivity contribution is -0.277. The van der Waals surface area contributed by atoms with E-state index in [1.54, 1.807) is 0 Å². The molecule has 5 atom stereocenters. The number of aliphatic hydroxyl groups excluding tert-OH is 2. The van der Waals surface area contributed by atoms with Gasteiger partial charge in [0.05, 0.1) is 12.7 Å². The smallest absolute Gasteiger partial charge is 0.339 e. The molecule has 10 N–H and O–H groups in total. The van der Waals surface area contributed by atoms with E-state index in [0.29, 0.717) is 17.7 Å². The van der Waals surface area contributed by atoms with Crippen LogP contribution in [-0.2, 0) is 19.0 Å². The topological polar surface area (TPSA) is 313 Å². The summed E-state index contributed by atoms with van der Waals surface area (Å²) in [5.74, 6) is -9.12. The second kappa shape index (κ2) is 15.8. The highest BCUT2D eigenvalue weighted by molar-refractivity contribution is 5.91. The molecule has 6 rings (SSSR count). The number of hydrogen-bond acceptors (Lipinski definition) is 19. The molecule has 4 aromatic carbocycles. The van der Waals surface area contributed by atoms with Crippen LogP contribution in [0.1, 0.15) is 15.9 Å². The molecule has 0 saturated carbocycles. The van der Waals surface area contributed by atoms with Crippen LogP contribution in [0.3, 0.4) is 0 Å². The van der Waals surface area contributed by atoms with E-state index < -0.39 is 117 Å². The molecule has 2 heterocycles. The van der Waals surface area contributed by atoms with Gasteiger partial charge < -0.3 is 79.2 Å². The van der Waals surface area contributed by atoms with Crippen LogP contribution in [0.5, 0.6) is 57.5 Å². The predicted molar refractivity (Wildman–Crippen MR) is 191 cm³/mol. The summed E-state index contributed by atoms with van der Waals surface area (Å²) in [5.41, 5.74) is -1.81. The van der Waals surface area contributed by atoms with E-state index in [1.165, 1.54) is 37.5 Å². The van der Waals surface area contributed by atoms with Gasteiger partial charge >= 0.3 is 11.9 Å². The average Bonchev–Trinajstić information content (AvgIpc) is 3.17. The zero-order valence-electron chi connectivity index (χ0n) is 29.2. The number of aliphatic hydroxyl groups is 2. The fourth-order valence-electron chi connectivity index (χ4n) is 5.70. The number of benzene rings is 4. The Morgan fingerprint density at radius 1 is 0.789 bits per heavy atom. The highest BCUT2D eigenvalue weighted by Crippen LogP contribution is 2.40. The number of carbonyl (C=O) groups excluding carboxylic acids is 2. The second-order valence-electron chi connectivity index (χ2n) is 12.4. The maximum atomic E-state index is 14.0. The Morgan fingerprint density at radius 3 is 2.18 bits per heavy atom. The number of carbonyl (C=O) groups is 2. The van der Waals surface area contributed by atoms with Crippen molar-refractivity contribution in [3.05, 3.63) is 88.1 Å². The molecule has 0 amide bonds. The van der Waals surface area contributed by atoms with Crippen molar-refractivity contribution in [2.45, 2.75) is 30.7 Å². The first-order chi connectivity index (χ1) is 27.1. The predicted octanol–water partition coefficient (Wildman–Crippen LogP) is 2.42. The Balaban J connectivity index is 1.37. The minimum Gasteiger partial charge on any atom is -0.508 e. The molecule has 0 bridgehead atoms. The Labute approximate surface area is 318 Å². The van der Waals surface area contributed by atoms with Crippen LogP contribution in [0.15, 0.2) is 76.0 Å². The molecular formula is C38H32O19. The molecule has 5 aromatic rings. The molecule has 0 radical (unpaired) electrons. The third kappa shape index (κ3) is 8.05. The molecule has 1 saturated heterocycles.